The van der Waals surface area contributed by atoms with Crippen molar-refractivity contribution in [3.63, 3.8) is 0 Å². The van der Waals surface area contributed by atoms with Gasteiger partial charge in [-0.05, 0) is 135 Å². The van der Waals surface area contributed by atoms with Gasteiger partial charge in [0.2, 0.25) is 11.8 Å². The number of fused-ring (bicyclic) bond motifs is 6. The molecule has 0 radical (unpaired) electrons. The van der Waals surface area contributed by atoms with Crippen LogP contribution in [-0.2, 0) is 5.41 Å². The lowest BCUT2D eigenvalue weighted by atomic mass is 9.32. The monoisotopic (exact) mass is 554 g/mol. The number of aromatic nitrogens is 2. The molecule has 0 amide bonds. The minimum Gasteiger partial charge on any atom is -0.420 e. The van der Waals surface area contributed by atoms with Crippen LogP contribution in [0.5, 0.6) is 0 Å². The first kappa shape index (κ1) is 26.7. The molecule has 8 rings (SSSR count). The molecular formula is C37H50N2O2. The van der Waals surface area contributed by atoms with Crippen LogP contribution >= 0.6 is 0 Å². The van der Waals surface area contributed by atoms with Crippen LogP contribution in [0.3, 0.4) is 0 Å². The summed E-state index contributed by atoms with van der Waals surface area (Å²) in [6.45, 7) is 17.3. The number of nitrogens with zero attached hydrogens (tertiary/aromatic N) is 2. The molecule has 0 aliphatic heterocycles. The summed E-state index contributed by atoms with van der Waals surface area (Å²) in [6, 6.07) is 10.3. The molecular weight excluding hydrogens is 504 g/mol. The maximum atomic E-state index is 11.1. The first-order valence-corrected chi connectivity index (χ1v) is 16.7. The van der Waals surface area contributed by atoms with E-state index in [0.29, 0.717) is 39.9 Å². The van der Waals surface area contributed by atoms with Crippen LogP contribution in [-0.4, -0.2) is 21.4 Å². The fourth-order valence-corrected chi connectivity index (χ4v) is 13.5. The third-order valence-electron chi connectivity index (χ3n) is 15.9. The first-order valence-electron chi connectivity index (χ1n) is 16.7. The molecule has 0 bridgehead atoms. The Morgan fingerprint density at radius 3 is 2.34 bits per heavy atom. The largest absolute Gasteiger partial charge is 0.420 e. The van der Waals surface area contributed by atoms with E-state index in [4.69, 9.17) is 9.52 Å². The average molecular weight is 555 g/mol. The van der Waals surface area contributed by atoms with Crippen LogP contribution in [0.25, 0.3) is 11.5 Å². The summed E-state index contributed by atoms with van der Waals surface area (Å²) >= 11 is 0. The number of rotatable bonds is 3. The van der Waals surface area contributed by atoms with Gasteiger partial charge in [0.25, 0.3) is 0 Å². The normalized spacial score (nSPS) is 51.5. The fraction of sp³-hybridized carbons (Fsp3) is 0.730. The van der Waals surface area contributed by atoms with Gasteiger partial charge in [-0.1, -0.05) is 58.0 Å². The molecule has 6 aliphatic carbocycles. The molecule has 6 saturated carbocycles. The molecule has 0 saturated heterocycles. The molecule has 1 heterocycles. The molecule has 11 atom stereocenters. The van der Waals surface area contributed by atoms with E-state index in [1.165, 1.54) is 56.9 Å². The Morgan fingerprint density at radius 2 is 1.59 bits per heavy atom. The van der Waals surface area contributed by atoms with Crippen molar-refractivity contribution in [1.29, 1.82) is 0 Å². The van der Waals surface area contributed by atoms with Crippen molar-refractivity contribution in [1.82, 2.24) is 10.2 Å². The van der Waals surface area contributed by atoms with E-state index in [9.17, 15) is 5.11 Å². The predicted molar refractivity (Wildman–Crippen MR) is 162 cm³/mol. The zero-order valence-electron chi connectivity index (χ0n) is 26.0. The Bertz CT molecular complexity index is 1400. The maximum Gasteiger partial charge on any atom is 0.247 e. The van der Waals surface area contributed by atoms with E-state index in [2.05, 4.69) is 58.4 Å². The summed E-state index contributed by atoms with van der Waals surface area (Å²) < 4.78 is 6.64. The second kappa shape index (κ2) is 8.16. The molecule has 1 N–H and O–H groups in total. The molecule has 220 valence electrons. The number of hydrogen-bond acceptors (Lipinski definition) is 4. The van der Waals surface area contributed by atoms with Gasteiger partial charge in [-0.25, -0.2) is 0 Å². The summed E-state index contributed by atoms with van der Waals surface area (Å²) in [4.78, 5) is 0. The van der Waals surface area contributed by atoms with Crippen molar-refractivity contribution in [3.8, 4) is 11.5 Å². The number of hydrogen-bond donors (Lipinski definition) is 1. The third kappa shape index (κ3) is 2.97. The second-order valence-corrected chi connectivity index (χ2v) is 16.7. The average Bonchev–Trinajstić information content (AvgIpc) is 3.26. The van der Waals surface area contributed by atoms with Crippen molar-refractivity contribution >= 4 is 0 Å². The van der Waals surface area contributed by atoms with Gasteiger partial charge >= 0.3 is 0 Å². The highest BCUT2D eigenvalue weighted by atomic mass is 16.4. The van der Waals surface area contributed by atoms with Crippen molar-refractivity contribution < 1.29 is 9.52 Å². The molecule has 4 nitrogen and oxygen atoms in total. The van der Waals surface area contributed by atoms with Crippen LogP contribution in [0.1, 0.15) is 111 Å². The van der Waals surface area contributed by atoms with Gasteiger partial charge in [-0.15, -0.1) is 10.2 Å². The van der Waals surface area contributed by atoms with E-state index in [1.807, 2.05) is 18.2 Å². The fourth-order valence-electron chi connectivity index (χ4n) is 13.5. The van der Waals surface area contributed by atoms with Gasteiger partial charge in [0.15, 0.2) is 0 Å². The van der Waals surface area contributed by atoms with E-state index in [1.54, 1.807) is 0 Å². The molecule has 4 heteroatoms. The third-order valence-corrected chi connectivity index (χ3v) is 15.9. The molecule has 1 unspecified atom stereocenters. The number of benzene rings is 1. The van der Waals surface area contributed by atoms with Gasteiger partial charge in [0.1, 0.15) is 0 Å². The van der Waals surface area contributed by atoms with E-state index < -0.39 is 0 Å². The van der Waals surface area contributed by atoms with Crippen molar-refractivity contribution in [3.05, 3.63) is 48.4 Å². The summed E-state index contributed by atoms with van der Waals surface area (Å²) in [5.74, 6) is 3.98. The summed E-state index contributed by atoms with van der Waals surface area (Å²) in [5.41, 5.74) is 3.77. The maximum absolute atomic E-state index is 11.1. The Kier molecular flexibility index (Phi) is 5.31. The molecule has 1 aromatic carbocycles. The molecule has 6 fully saturated rings. The summed E-state index contributed by atoms with van der Waals surface area (Å²) in [7, 11) is 0. The van der Waals surface area contributed by atoms with Gasteiger partial charge < -0.3 is 9.52 Å². The van der Waals surface area contributed by atoms with Crippen LogP contribution in [0, 0.1) is 50.7 Å². The van der Waals surface area contributed by atoms with Crippen molar-refractivity contribution in [2.75, 3.05) is 0 Å². The van der Waals surface area contributed by atoms with Crippen LogP contribution in [0.15, 0.2) is 46.9 Å². The number of aliphatic hydroxyl groups is 1. The van der Waals surface area contributed by atoms with Gasteiger partial charge in [-0.3, -0.25) is 0 Å². The second-order valence-electron chi connectivity index (χ2n) is 16.7. The zero-order valence-corrected chi connectivity index (χ0v) is 26.0. The molecule has 1 aromatic heterocycles. The minimum atomic E-state index is -0.104. The highest BCUT2D eigenvalue weighted by Gasteiger charge is 2.82. The molecule has 6 aliphatic rings. The Morgan fingerprint density at radius 1 is 0.829 bits per heavy atom. The lowest BCUT2D eigenvalue weighted by Crippen LogP contribution is -2.66. The molecule has 41 heavy (non-hydrogen) atoms. The highest BCUT2D eigenvalue weighted by Crippen LogP contribution is 2.87. The molecule has 1 spiro atoms. The number of allylic oxidation sites excluding steroid dienone is 1. The quantitative estimate of drug-likeness (QED) is 0.385. The lowest BCUT2D eigenvalue weighted by Gasteiger charge is -2.72. The highest BCUT2D eigenvalue weighted by molar-refractivity contribution is 5.52. The van der Waals surface area contributed by atoms with Crippen molar-refractivity contribution in [2.45, 2.75) is 117 Å². The SMILES string of the molecule is C=C(C)[C@@H]1CC[C@]2(c3nnc(-c4ccccc4)o3)CC[C@]3(C)[C@H](CC[C@@H]4[C@@]5(C)CC[C@H](O)C6(C)C[C@]65CC[C@]43C)[C@@H]12. The smallest absolute Gasteiger partial charge is 0.247 e. The van der Waals surface area contributed by atoms with E-state index >= 15 is 0 Å². The zero-order chi connectivity index (χ0) is 28.6. The van der Waals surface area contributed by atoms with Crippen molar-refractivity contribution in [2.24, 2.45) is 50.7 Å². The minimum absolute atomic E-state index is 0.0408. The molecule has 2 aromatic rings. The predicted octanol–water partition coefficient (Wildman–Crippen LogP) is 8.76. The summed E-state index contributed by atoms with van der Waals surface area (Å²) in [6.07, 6.45) is 13.3. The Hall–Kier alpha value is -1.94. The standard InChI is InChI=1S/C37H50N2O2/c1-23(2)25-14-17-36(31-39-38-30(41-31)24-10-8-7-9-11-24)20-18-32(3)26(29(25)36)12-13-27-33(32,4)19-21-37-22-35(37,6)28(40)15-16-34(27,37)5/h7-11,25-29,40H,1,12-22H2,2-6H3/t25-,26+,27-,28-,29+,32+,33+,34+,35?,36-,37-/m0/s1. The topological polar surface area (TPSA) is 59.2 Å². The van der Waals surface area contributed by atoms with E-state index in [-0.39, 0.29) is 22.3 Å². The van der Waals surface area contributed by atoms with Crippen LogP contribution < -0.4 is 0 Å². The van der Waals surface area contributed by atoms with Crippen LogP contribution in [0.2, 0.25) is 0 Å². The van der Waals surface area contributed by atoms with Gasteiger partial charge in [0, 0.05) is 11.0 Å². The Balaban J connectivity index is 1.19. The summed E-state index contributed by atoms with van der Waals surface area (Å²) in [5, 5.41) is 20.5. The first-order chi connectivity index (χ1) is 19.5. The van der Waals surface area contributed by atoms with E-state index in [0.717, 1.165) is 36.6 Å². The van der Waals surface area contributed by atoms with Gasteiger partial charge in [-0.2, -0.15) is 0 Å². The number of aliphatic hydroxyl groups excluding tert-OH is 1. The Labute approximate surface area is 246 Å². The lowest BCUT2D eigenvalue weighted by molar-refractivity contribution is -0.233. The van der Waals surface area contributed by atoms with Crippen LogP contribution in [0.4, 0.5) is 0 Å². The van der Waals surface area contributed by atoms with Gasteiger partial charge in [0.05, 0.1) is 11.5 Å².